The summed E-state index contributed by atoms with van der Waals surface area (Å²) in [6, 6.07) is 15.2. The van der Waals surface area contributed by atoms with Crippen molar-refractivity contribution in [2.45, 2.75) is 50.9 Å². The second-order valence-corrected chi connectivity index (χ2v) is 12.8. The van der Waals surface area contributed by atoms with Crippen molar-refractivity contribution >= 4 is 27.5 Å². The summed E-state index contributed by atoms with van der Waals surface area (Å²) in [5, 5.41) is 24.7. The molecule has 0 radical (unpaired) electrons. The Balaban J connectivity index is 1.74. The van der Waals surface area contributed by atoms with Crippen molar-refractivity contribution in [1.82, 2.24) is 5.32 Å². The van der Waals surface area contributed by atoms with Crippen LogP contribution in [0.1, 0.15) is 51.1 Å². The van der Waals surface area contributed by atoms with Crippen LogP contribution in [0.3, 0.4) is 0 Å². The van der Waals surface area contributed by atoms with E-state index in [2.05, 4.69) is 10.1 Å². The maximum Gasteiger partial charge on any atom is 0.337 e. The van der Waals surface area contributed by atoms with E-state index in [1.165, 1.54) is 37.6 Å². The zero-order chi connectivity index (χ0) is 32.3. The number of sulfone groups is 1. The Hall–Kier alpha value is -4.13. The number of carbonyl (C=O) groups is 3. The Morgan fingerprint density at radius 1 is 1.05 bits per heavy atom. The smallest absolute Gasteiger partial charge is 0.337 e. The number of aliphatic hydroxyl groups excluding tert-OH is 1. The van der Waals surface area contributed by atoms with Crippen molar-refractivity contribution in [2.24, 2.45) is 11.7 Å². The molecule has 1 aromatic heterocycles. The highest BCUT2D eigenvalue weighted by molar-refractivity contribution is 7.90. The van der Waals surface area contributed by atoms with Gasteiger partial charge in [-0.2, -0.15) is 4.73 Å². The summed E-state index contributed by atoms with van der Waals surface area (Å²) < 4.78 is 31.8. The van der Waals surface area contributed by atoms with E-state index in [1.54, 1.807) is 18.2 Å². The summed E-state index contributed by atoms with van der Waals surface area (Å²) in [5.74, 6) is -3.74. The Bertz CT molecular complexity index is 1560. The first-order chi connectivity index (χ1) is 21.0. The van der Waals surface area contributed by atoms with Crippen molar-refractivity contribution in [2.75, 3.05) is 19.5 Å². The first-order valence-electron chi connectivity index (χ1n) is 14.2. The number of carbonyl (C=O) groups excluding carboxylic acids is 3. The predicted octanol–water partition coefficient (Wildman–Crippen LogP) is 1.72. The van der Waals surface area contributed by atoms with Crippen molar-refractivity contribution < 1.29 is 37.4 Å². The average molecular weight is 626 g/mol. The summed E-state index contributed by atoms with van der Waals surface area (Å²) in [6.07, 6.45) is 1.83. The first kappa shape index (κ1) is 34.4. The van der Waals surface area contributed by atoms with E-state index in [9.17, 15) is 33.1 Å². The van der Waals surface area contributed by atoms with Gasteiger partial charge in [-0.25, -0.2) is 13.2 Å². The van der Waals surface area contributed by atoms with Crippen LogP contribution in [-0.2, 0) is 49.3 Å². The molecule has 44 heavy (non-hydrogen) atoms. The number of hydrogen-bond acceptors (Lipinski definition) is 9. The molecule has 4 N–H and O–H groups in total. The molecule has 2 aromatic carbocycles. The number of amides is 1. The Morgan fingerprint density at radius 2 is 1.77 bits per heavy atom. The van der Waals surface area contributed by atoms with Crippen LogP contribution in [0.4, 0.5) is 0 Å². The molecule has 1 heterocycles. The van der Waals surface area contributed by atoms with Crippen LogP contribution < -0.4 is 15.8 Å². The quantitative estimate of drug-likeness (QED) is 0.121. The average Bonchev–Trinajstić information content (AvgIpc) is 3.01. The number of aryl methyl sites for hydroxylation is 3. The minimum absolute atomic E-state index is 0.00802. The number of pyridine rings is 1. The number of nitrogens with two attached hydrogens (primary N) is 1. The normalized spacial score (nSPS) is 12.7. The second kappa shape index (κ2) is 16.1. The molecule has 0 fully saturated rings. The molecule has 236 valence electrons. The van der Waals surface area contributed by atoms with E-state index in [0.717, 1.165) is 16.7 Å². The van der Waals surface area contributed by atoms with E-state index in [0.29, 0.717) is 29.0 Å². The number of rotatable bonds is 16. The molecule has 2 atom stereocenters. The van der Waals surface area contributed by atoms with Gasteiger partial charge in [-0.1, -0.05) is 42.0 Å². The van der Waals surface area contributed by atoms with Crippen molar-refractivity contribution in [1.29, 1.82) is 0 Å². The molecule has 12 heteroatoms. The number of benzene rings is 2. The second-order valence-electron chi connectivity index (χ2n) is 10.7. The zero-order valence-corrected chi connectivity index (χ0v) is 25.7. The molecule has 0 spiro atoms. The topological polar surface area (TPSA) is 180 Å². The molecular formula is C32H39N3O8S. The minimum atomic E-state index is -3.87. The largest absolute Gasteiger partial charge is 0.619 e. The number of ether oxygens (including phenoxy) is 1. The highest BCUT2D eigenvalue weighted by atomic mass is 32.2. The summed E-state index contributed by atoms with van der Waals surface area (Å²) in [6.45, 7) is 1.57. The van der Waals surface area contributed by atoms with Gasteiger partial charge >= 0.3 is 5.97 Å². The maximum atomic E-state index is 13.4. The van der Waals surface area contributed by atoms with Gasteiger partial charge in [-0.15, -0.1) is 0 Å². The SMILES string of the molecule is COC(=O)c1ccc(CS(=O)(=O)CC(CCc2cccc[n+]2[O-])C(=O)N[C@@H](CO)C(=O)CCc2cc(C)ccc2CN)cc1. The molecule has 3 rings (SSSR count). The van der Waals surface area contributed by atoms with Crippen LogP contribution >= 0.6 is 0 Å². The maximum absolute atomic E-state index is 13.4. The number of nitrogens with one attached hydrogen (secondary N) is 1. The molecule has 3 aromatic rings. The van der Waals surface area contributed by atoms with Gasteiger partial charge in [0, 0.05) is 31.5 Å². The molecule has 0 aliphatic heterocycles. The van der Waals surface area contributed by atoms with E-state index in [1.807, 2.05) is 25.1 Å². The first-order valence-corrected chi connectivity index (χ1v) is 16.1. The number of aromatic nitrogens is 1. The van der Waals surface area contributed by atoms with E-state index < -0.39 is 57.6 Å². The van der Waals surface area contributed by atoms with Crippen LogP contribution in [-0.4, -0.2) is 56.7 Å². The number of aliphatic hydroxyl groups is 1. The van der Waals surface area contributed by atoms with Crippen molar-refractivity contribution in [3.05, 3.63) is 106 Å². The van der Waals surface area contributed by atoms with Crippen molar-refractivity contribution in [3.8, 4) is 0 Å². The van der Waals surface area contributed by atoms with E-state index >= 15 is 0 Å². The molecule has 11 nitrogen and oxygen atoms in total. The van der Waals surface area contributed by atoms with Gasteiger partial charge in [-0.3, -0.25) is 9.59 Å². The monoisotopic (exact) mass is 625 g/mol. The molecule has 0 saturated carbocycles. The minimum Gasteiger partial charge on any atom is -0.619 e. The lowest BCUT2D eigenvalue weighted by molar-refractivity contribution is -0.614. The lowest BCUT2D eigenvalue weighted by Crippen LogP contribution is -2.47. The van der Waals surface area contributed by atoms with Gasteiger partial charge < -0.3 is 26.1 Å². The van der Waals surface area contributed by atoms with Gasteiger partial charge in [0.05, 0.1) is 36.7 Å². The third-order valence-electron chi connectivity index (χ3n) is 7.35. The van der Waals surface area contributed by atoms with Crippen LogP contribution in [0.2, 0.25) is 0 Å². The Kier molecular flexibility index (Phi) is 12.6. The molecule has 0 aliphatic rings. The van der Waals surface area contributed by atoms with Gasteiger partial charge in [0.15, 0.2) is 27.5 Å². The number of hydrogen-bond donors (Lipinski definition) is 3. The fourth-order valence-electron chi connectivity index (χ4n) is 4.88. The van der Waals surface area contributed by atoms with Gasteiger partial charge in [0.2, 0.25) is 5.91 Å². The van der Waals surface area contributed by atoms with Crippen LogP contribution in [0.5, 0.6) is 0 Å². The molecule has 0 saturated heterocycles. The number of esters is 1. The van der Waals surface area contributed by atoms with Gasteiger partial charge in [-0.05, 0) is 48.6 Å². The molecule has 1 amide bonds. The highest BCUT2D eigenvalue weighted by Crippen LogP contribution is 2.18. The third-order valence-corrected chi connectivity index (χ3v) is 9.03. The Labute approximate surface area is 257 Å². The third kappa shape index (κ3) is 9.97. The summed E-state index contributed by atoms with van der Waals surface area (Å²) in [7, 11) is -2.63. The molecule has 0 aliphatic carbocycles. The number of nitrogens with zero attached hydrogens (tertiary/aromatic N) is 1. The lowest BCUT2D eigenvalue weighted by Gasteiger charge is -2.21. The predicted molar refractivity (Wildman–Crippen MR) is 164 cm³/mol. The lowest BCUT2D eigenvalue weighted by atomic mass is 9.97. The fraction of sp³-hybridized carbons (Fsp3) is 0.375. The summed E-state index contributed by atoms with van der Waals surface area (Å²) in [4.78, 5) is 38.2. The van der Waals surface area contributed by atoms with Gasteiger partial charge in [0.25, 0.3) is 0 Å². The van der Waals surface area contributed by atoms with Gasteiger partial charge in [0.1, 0.15) is 6.04 Å². The van der Waals surface area contributed by atoms with Crippen LogP contribution in [0.25, 0.3) is 0 Å². The van der Waals surface area contributed by atoms with Crippen LogP contribution in [0.15, 0.2) is 66.9 Å². The molecular weight excluding hydrogens is 586 g/mol. The van der Waals surface area contributed by atoms with E-state index in [-0.39, 0.29) is 24.8 Å². The molecule has 1 unspecified atom stereocenters. The number of methoxy groups -OCH3 is 1. The van der Waals surface area contributed by atoms with E-state index in [4.69, 9.17) is 5.73 Å². The zero-order valence-electron chi connectivity index (χ0n) is 24.9. The standard InChI is InChI=1S/C32H39N3O8S/c1-22-6-9-26(18-33)25(17-22)13-15-30(37)29(19-36)34-31(38)27(12-14-28-5-3-4-16-35(28)40)21-44(41,42)20-23-7-10-24(11-8-23)32(39)43-2/h3-11,16-17,27,29,36H,12-15,18-21,33H2,1-2H3,(H,34,38)/t27?,29-/m0/s1. The van der Waals surface area contributed by atoms with Crippen LogP contribution in [0, 0.1) is 18.0 Å². The summed E-state index contributed by atoms with van der Waals surface area (Å²) in [5.41, 5.74) is 9.67. The number of Topliss-reactive ketones (excluding diaryl/α,β-unsaturated/α-hetero) is 1. The Morgan fingerprint density at radius 3 is 2.41 bits per heavy atom. The fourth-order valence-corrected chi connectivity index (χ4v) is 6.63. The number of ketones is 1. The summed E-state index contributed by atoms with van der Waals surface area (Å²) >= 11 is 0. The molecule has 0 bridgehead atoms. The van der Waals surface area contributed by atoms with Crippen molar-refractivity contribution in [3.63, 3.8) is 0 Å². The highest BCUT2D eigenvalue weighted by Gasteiger charge is 2.30.